The van der Waals surface area contributed by atoms with E-state index in [2.05, 4.69) is 76.6 Å². The van der Waals surface area contributed by atoms with E-state index in [1.165, 1.54) is 48.1 Å². The predicted molar refractivity (Wildman–Crippen MR) is 98.6 cm³/mol. The fourth-order valence-corrected chi connectivity index (χ4v) is 3.96. The Morgan fingerprint density at radius 3 is 2.88 bits per heavy atom. The molecule has 1 atom stereocenters. The van der Waals surface area contributed by atoms with E-state index in [4.69, 9.17) is 0 Å². The zero-order valence-corrected chi connectivity index (χ0v) is 14.4. The van der Waals surface area contributed by atoms with Crippen molar-refractivity contribution in [2.24, 2.45) is 7.05 Å². The molecule has 0 spiro atoms. The predicted octanol–water partition coefficient (Wildman–Crippen LogP) is 4.14. The molecule has 3 nitrogen and oxygen atoms in total. The van der Waals surface area contributed by atoms with Crippen LogP contribution in [0.5, 0.6) is 0 Å². The largest absolute Gasteiger partial charge is 0.374 e. The zero-order valence-electron chi connectivity index (χ0n) is 14.4. The van der Waals surface area contributed by atoms with Crippen LogP contribution in [-0.2, 0) is 13.5 Å². The van der Waals surface area contributed by atoms with Crippen LogP contribution in [-0.4, -0.2) is 27.8 Å². The van der Waals surface area contributed by atoms with Crippen LogP contribution in [0.1, 0.15) is 42.0 Å². The summed E-state index contributed by atoms with van der Waals surface area (Å²) in [6, 6.07) is 10.6. The van der Waals surface area contributed by atoms with E-state index in [-0.39, 0.29) is 0 Å². The minimum absolute atomic E-state index is 0.676. The highest BCUT2D eigenvalue weighted by Crippen LogP contribution is 2.34. The van der Waals surface area contributed by atoms with Gasteiger partial charge in [-0.15, -0.1) is 0 Å². The van der Waals surface area contributed by atoms with Gasteiger partial charge in [-0.1, -0.05) is 36.4 Å². The van der Waals surface area contributed by atoms with Gasteiger partial charge >= 0.3 is 0 Å². The number of nitrogens with zero attached hydrogens (tertiary/aromatic N) is 3. The molecule has 0 saturated heterocycles. The minimum atomic E-state index is 0.676. The third kappa shape index (κ3) is 3.03. The summed E-state index contributed by atoms with van der Waals surface area (Å²) in [7, 11) is 2.07. The SMILES string of the molecule is Cn1ncc2c1CCCC2CCN1C=CC(c2ccccc2)=CC1. The lowest BCUT2D eigenvalue weighted by molar-refractivity contribution is 0.370. The van der Waals surface area contributed by atoms with Crippen LogP contribution < -0.4 is 0 Å². The number of hydrogen-bond acceptors (Lipinski definition) is 2. The first-order valence-electron chi connectivity index (χ1n) is 9.00. The van der Waals surface area contributed by atoms with Crippen molar-refractivity contribution < 1.29 is 0 Å². The van der Waals surface area contributed by atoms with Crippen LogP contribution in [0.4, 0.5) is 0 Å². The van der Waals surface area contributed by atoms with Gasteiger partial charge in [-0.25, -0.2) is 0 Å². The summed E-state index contributed by atoms with van der Waals surface area (Å²) in [6.45, 7) is 2.13. The van der Waals surface area contributed by atoms with E-state index in [0.29, 0.717) is 5.92 Å². The fourth-order valence-electron chi connectivity index (χ4n) is 3.96. The molecule has 0 saturated carbocycles. The Morgan fingerprint density at radius 1 is 1.21 bits per heavy atom. The summed E-state index contributed by atoms with van der Waals surface area (Å²) >= 11 is 0. The third-order valence-electron chi connectivity index (χ3n) is 5.38. The van der Waals surface area contributed by atoms with Gasteiger partial charge in [0.05, 0.1) is 6.20 Å². The molecular formula is C21H25N3. The Balaban J connectivity index is 1.36. The standard InChI is InChI=1S/C21H25N3/c1-23-21-9-5-8-19(20(21)16-22-23)12-15-24-13-10-18(11-14-24)17-6-3-2-4-7-17/h2-4,6-7,10-11,13,16,19H,5,8-9,12,14-15H2,1H3. The normalized spacial score (nSPS) is 20.0. The van der Waals surface area contributed by atoms with Crippen molar-refractivity contribution in [3.8, 4) is 0 Å². The van der Waals surface area contributed by atoms with Crippen molar-refractivity contribution in [3.05, 3.63) is 71.7 Å². The molecule has 24 heavy (non-hydrogen) atoms. The first-order chi connectivity index (χ1) is 11.8. The zero-order chi connectivity index (χ0) is 16.4. The van der Waals surface area contributed by atoms with Crippen molar-refractivity contribution >= 4 is 5.57 Å². The van der Waals surface area contributed by atoms with Gasteiger partial charge in [0.15, 0.2) is 0 Å². The second kappa shape index (κ2) is 6.68. The van der Waals surface area contributed by atoms with Crippen LogP contribution in [0.2, 0.25) is 0 Å². The lowest BCUT2D eigenvalue weighted by atomic mass is 9.84. The molecule has 1 aromatic carbocycles. The summed E-state index contributed by atoms with van der Waals surface area (Å²) < 4.78 is 2.07. The Labute approximate surface area is 144 Å². The molecule has 1 aliphatic carbocycles. The van der Waals surface area contributed by atoms with E-state index < -0.39 is 0 Å². The molecule has 1 aliphatic heterocycles. The molecule has 4 rings (SSSR count). The smallest absolute Gasteiger partial charge is 0.0527 e. The monoisotopic (exact) mass is 319 g/mol. The van der Waals surface area contributed by atoms with Gasteiger partial charge in [-0.2, -0.15) is 5.10 Å². The maximum absolute atomic E-state index is 4.47. The number of hydrogen-bond donors (Lipinski definition) is 0. The van der Waals surface area contributed by atoms with Crippen molar-refractivity contribution in [2.45, 2.75) is 31.6 Å². The van der Waals surface area contributed by atoms with Gasteiger partial charge in [-0.3, -0.25) is 4.68 Å². The second-order valence-electron chi connectivity index (χ2n) is 6.88. The lowest BCUT2D eigenvalue weighted by Gasteiger charge is -2.27. The summed E-state index contributed by atoms with van der Waals surface area (Å²) in [5, 5.41) is 4.47. The van der Waals surface area contributed by atoms with Crippen LogP contribution in [0, 0.1) is 0 Å². The Kier molecular flexibility index (Phi) is 4.24. The fraction of sp³-hybridized carbons (Fsp3) is 0.381. The molecule has 2 aromatic rings. The molecule has 0 N–H and O–H groups in total. The topological polar surface area (TPSA) is 21.1 Å². The van der Waals surface area contributed by atoms with E-state index in [9.17, 15) is 0 Å². The lowest BCUT2D eigenvalue weighted by Crippen LogP contribution is -2.23. The van der Waals surface area contributed by atoms with Gasteiger partial charge in [0.2, 0.25) is 0 Å². The molecule has 2 heterocycles. The second-order valence-corrected chi connectivity index (χ2v) is 6.88. The Bertz CT molecular complexity index is 755. The van der Waals surface area contributed by atoms with Gasteiger partial charge < -0.3 is 4.90 Å². The van der Waals surface area contributed by atoms with Gasteiger partial charge in [0.25, 0.3) is 0 Å². The van der Waals surface area contributed by atoms with Crippen LogP contribution in [0.25, 0.3) is 5.57 Å². The molecule has 124 valence electrons. The van der Waals surface area contributed by atoms with Gasteiger partial charge in [-0.05, 0) is 60.6 Å². The molecule has 0 fully saturated rings. The summed E-state index contributed by atoms with van der Waals surface area (Å²) in [6.07, 6.45) is 14.0. The van der Waals surface area contributed by atoms with Crippen LogP contribution in [0.15, 0.2) is 54.9 Å². The Morgan fingerprint density at radius 2 is 2.08 bits per heavy atom. The number of aryl methyl sites for hydroxylation is 1. The van der Waals surface area contributed by atoms with E-state index in [0.717, 1.165) is 13.1 Å². The van der Waals surface area contributed by atoms with Crippen molar-refractivity contribution in [1.29, 1.82) is 0 Å². The summed E-state index contributed by atoms with van der Waals surface area (Å²) in [5.41, 5.74) is 5.58. The molecule has 1 aromatic heterocycles. The number of aromatic nitrogens is 2. The summed E-state index contributed by atoms with van der Waals surface area (Å²) in [4.78, 5) is 2.43. The first-order valence-corrected chi connectivity index (χ1v) is 9.00. The molecule has 1 unspecified atom stereocenters. The van der Waals surface area contributed by atoms with Crippen molar-refractivity contribution in [3.63, 3.8) is 0 Å². The Hall–Kier alpha value is -2.29. The molecular weight excluding hydrogens is 294 g/mol. The minimum Gasteiger partial charge on any atom is -0.374 e. The average molecular weight is 319 g/mol. The van der Waals surface area contributed by atoms with Crippen molar-refractivity contribution in [1.82, 2.24) is 14.7 Å². The highest BCUT2D eigenvalue weighted by molar-refractivity contribution is 5.74. The van der Waals surface area contributed by atoms with Crippen molar-refractivity contribution in [2.75, 3.05) is 13.1 Å². The molecule has 0 bridgehead atoms. The van der Waals surface area contributed by atoms with Gasteiger partial charge in [0.1, 0.15) is 0 Å². The van der Waals surface area contributed by atoms with E-state index in [1.807, 2.05) is 0 Å². The van der Waals surface area contributed by atoms with Crippen LogP contribution in [0.3, 0.4) is 0 Å². The van der Waals surface area contributed by atoms with E-state index in [1.54, 1.807) is 0 Å². The van der Waals surface area contributed by atoms with Gasteiger partial charge in [0, 0.05) is 25.8 Å². The third-order valence-corrected chi connectivity index (χ3v) is 5.38. The average Bonchev–Trinajstić information content (AvgIpc) is 3.03. The molecule has 0 radical (unpaired) electrons. The highest BCUT2D eigenvalue weighted by atomic mass is 15.3. The number of fused-ring (bicyclic) bond motifs is 1. The first kappa shape index (κ1) is 15.3. The maximum Gasteiger partial charge on any atom is 0.0527 e. The molecule has 3 heteroatoms. The quantitative estimate of drug-likeness (QED) is 0.844. The van der Waals surface area contributed by atoms with E-state index >= 15 is 0 Å². The molecule has 2 aliphatic rings. The van der Waals surface area contributed by atoms with Crippen LogP contribution >= 0.6 is 0 Å². The summed E-state index contributed by atoms with van der Waals surface area (Å²) in [5.74, 6) is 0.676. The number of rotatable bonds is 4. The maximum atomic E-state index is 4.47. The highest BCUT2D eigenvalue weighted by Gasteiger charge is 2.23. The number of benzene rings is 1. The molecule has 0 amide bonds. The number of allylic oxidation sites excluding steroid dienone is 2.